The average molecular weight is 220 g/mol. The smallest absolute Gasteiger partial charge is 0.319 e. The van der Waals surface area contributed by atoms with E-state index in [-0.39, 0.29) is 6.03 Å². The quantitative estimate of drug-likeness (QED) is 0.815. The summed E-state index contributed by atoms with van der Waals surface area (Å²) in [6.45, 7) is 2.31. The summed E-state index contributed by atoms with van der Waals surface area (Å²) < 4.78 is 5.09. The van der Waals surface area contributed by atoms with Crippen LogP contribution >= 0.6 is 0 Å². The molecule has 16 heavy (non-hydrogen) atoms. The fraction of sp³-hybridized carbons (Fsp3) is 0.250. The Kier molecular flexibility index (Phi) is 4.92. The van der Waals surface area contributed by atoms with E-state index < -0.39 is 0 Å². The van der Waals surface area contributed by atoms with Crippen LogP contribution in [-0.2, 0) is 6.54 Å². The molecule has 2 N–H and O–H groups in total. The van der Waals surface area contributed by atoms with Gasteiger partial charge in [-0.3, -0.25) is 0 Å². The van der Waals surface area contributed by atoms with Gasteiger partial charge in [0.2, 0.25) is 0 Å². The maximum absolute atomic E-state index is 11.2. The molecule has 0 aromatic heterocycles. The molecule has 86 valence electrons. The first-order chi connectivity index (χ1) is 7.76. The number of rotatable bonds is 4. The van der Waals surface area contributed by atoms with Gasteiger partial charge in [-0.25, -0.2) is 4.79 Å². The van der Waals surface area contributed by atoms with Crippen LogP contribution in [0.1, 0.15) is 12.5 Å². The van der Waals surface area contributed by atoms with E-state index in [0.29, 0.717) is 6.54 Å². The third-order valence-corrected chi connectivity index (χ3v) is 1.97. The minimum absolute atomic E-state index is 0.221. The fourth-order valence-electron chi connectivity index (χ4n) is 1.17. The Morgan fingerprint density at radius 1 is 1.50 bits per heavy atom. The van der Waals surface area contributed by atoms with Gasteiger partial charge in [-0.2, -0.15) is 0 Å². The lowest BCUT2D eigenvalue weighted by Crippen LogP contribution is -2.31. The topological polar surface area (TPSA) is 50.4 Å². The number of ether oxygens (including phenoxy) is 1. The van der Waals surface area contributed by atoms with Gasteiger partial charge in [-0.05, 0) is 24.6 Å². The highest BCUT2D eigenvalue weighted by Crippen LogP contribution is 2.11. The van der Waals surface area contributed by atoms with E-state index in [0.717, 1.165) is 11.3 Å². The van der Waals surface area contributed by atoms with Crippen molar-refractivity contribution in [2.24, 2.45) is 0 Å². The third kappa shape index (κ3) is 4.04. The summed E-state index contributed by atoms with van der Waals surface area (Å²) in [6.07, 6.45) is 3.34. The summed E-state index contributed by atoms with van der Waals surface area (Å²) >= 11 is 0. The molecule has 1 aromatic carbocycles. The molecule has 0 fully saturated rings. The molecule has 0 unspecified atom stereocenters. The second-order valence-electron chi connectivity index (χ2n) is 3.18. The lowest BCUT2D eigenvalue weighted by molar-refractivity contribution is 0.243. The fourth-order valence-corrected chi connectivity index (χ4v) is 1.17. The molecule has 0 bridgehead atoms. The molecule has 0 aliphatic rings. The number of hydrogen-bond donors (Lipinski definition) is 2. The normalized spacial score (nSPS) is 10.1. The van der Waals surface area contributed by atoms with Crippen LogP contribution in [-0.4, -0.2) is 13.1 Å². The Morgan fingerprint density at radius 3 is 3.00 bits per heavy atom. The van der Waals surface area contributed by atoms with E-state index in [2.05, 4.69) is 10.6 Å². The van der Waals surface area contributed by atoms with E-state index in [1.165, 1.54) is 0 Å². The monoisotopic (exact) mass is 220 g/mol. The maximum Gasteiger partial charge on any atom is 0.319 e. The molecule has 4 nitrogen and oxygen atoms in total. The molecule has 1 aromatic rings. The molecule has 0 atom stereocenters. The number of urea groups is 1. The molecule has 1 rings (SSSR count). The first-order valence-electron chi connectivity index (χ1n) is 5.04. The number of carbonyl (C=O) groups excluding carboxylic acids is 1. The number of amides is 2. The number of methoxy groups -OCH3 is 1. The minimum atomic E-state index is -0.221. The largest absolute Gasteiger partial charge is 0.497 e. The lowest BCUT2D eigenvalue weighted by atomic mass is 10.2. The highest BCUT2D eigenvalue weighted by atomic mass is 16.5. The van der Waals surface area contributed by atoms with Crippen molar-refractivity contribution in [3.63, 3.8) is 0 Å². The van der Waals surface area contributed by atoms with Gasteiger partial charge < -0.3 is 15.4 Å². The second-order valence-corrected chi connectivity index (χ2v) is 3.18. The molecular weight excluding hydrogens is 204 g/mol. The second kappa shape index (κ2) is 6.50. The highest BCUT2D eigenvalue weighted by Gasteiger charge is 1.98. The van der Waals surface area contributed by atoms with Gasteiger partial charge >= 0.3 is 6.03 Å². The average Bonchev–Trinajstić information content (AvgIpc) is 2.34. The van der Waals surface area contributed by atoms with Crippen LogP contribution in [0.3, 0.4) is 0 Å². The van der Waals surface area contributed by atoms with E-state index in [1.54, 1.807) is 19.4 Å². The molecule has 0 saturated carbocycles. The van der Waals surface area contributed by atoms with Crippen LogP contribution in [0.5, 0.6) is 5.75 Å². The molecule has 4 heteroatoms. The van der Waals surface area contributed by atoms with Crippen LogP contribution in [0, 0.1) is 0 Å². The third-order valence-electron chi connectivity index (χ3n) is 1.97. The summed E-state index contributed by atoms with van der Waals surface area (Å²) in [6, 6.07) is 7.35. The molecule has 0 aliphatic heterocycles. The van der Waals surface area contributed by atoms with Crippen LogP contribution in [0.15, 0.2) is 36.5 Å². The molecule has 2 amide bonds. The Balaban J connectivity index is 2.44. The van der Waals surface area contributed by atoms with Crippen LogP contribution < -0.4 is 15.4 Å². The first-order valence-corrected chi connectivity index (χ1v) is 5.04. The zero-order valence-electron chi connectivity index (χ0n) is 9.49. The molecule has 0 radical (unpaired) electrons. The van der Waals surface area contributed by atoms with E-state index in [4.69, 9.17) is 4.74 Å². The maximum atomic E-state index is 11.2. The number of carbonyl (C=O) groups is 1. The van der Waals surface area contributed by atoms with Crippen molar-refractivity contribution >= 4 is 6.03 Å². The molecule has 0 spiro atoms. The van der Waals surface area contributed by atoms with Gasteiger partial charge in [0.05, 0.1) is 7.11 Å². The van der Waals surface area contributed by atoms with Crippen molar-refractivity contribution < 1.29 is 9.53 Å². The Labute approximate surface area is 95.3 Å². The zero-order chi connectivity index (χ0) is 11.8. The van der Waals surface area contributed by atoms with Crippen LogP contribution in [0.25, 0.3) is 0 Å². The number of hydrogen-bond acceptors (Lipinski definition) is 2. The van der Waals surface area contributed by atoms with E-state index in [1.807, 2.05) is 31.2 Å². The van der Waals surface area contributed by atoms with Gasteiger partial charge in [0.1, 0.15) is 5.75 Å². The Hall–Kier alpha value is -1.97. The standard InChI is InChI=1S/C12H16N2O2/c1-3-7-13-12(15)14-9-10-5-4-6-11(8-10)16-2/h3-8H,9H2,1-2H3,(H2,13,14,15)/b7-3+. The van der Waals surface area contributed by atoms with Crippen molar-refractivity contribution in [2.45, 2.75) is 13.5 Å². The van der Waals surface area contributed by atoms with E-state index in [9.17, 15) is 4.79 Å². The predicted octanol–water partition coefficient (Wildman–Crippen LogP) is 2.03. The van der Waals surface area contributed by atoms with Gasteiger partial charge in [0.15, 0.2) is 0 Å². The summed E-state index contributed by atoms with van der Waals surface area (Å²) in [7, 11) is 1.62. The van der Waals surface area contributed by atoms with Crippen molar-refractivity contribution in [2.75, 3.05) is 7.11 Å². The van der Waals surface area contributed by atoms with Gasteiger partial charge in [0.25, 0.3) is 0 Å². The van der Waals surface area contributed by atoms with Crippen molar-refractivity contribution in [1.29, 1.82) is 0 Å². The summed E-state index contributed by atoms with van der Waals surface area (Å²) in [5.74, 6) is 0.785. The summed E-state index contributed by atoms with van der Waals surface area (Å²) in [4.78, 5) is 11.2. The summed E-state index contributed by atoms with van der Waals surface area (Å²) in [5, 5.41) is 5.30. The summed E-state index contributed by atoms with van der Waals surface area (Å²) in [5.41, 5.74) is 0.995. The SMILES string of the molecule is C/C=C/NC(=O)NCc1cccc(OC)c1. The lowest BCUT2D eigenvalue weighted by Gasteiger charge is -2.06. The molecule has 0 heterocycles. The zero-order valence-corrected chi connectivity index (χ0v) is 9.49. The van der Waals surface area contributed by atoms with Crippen LogP contribution in [0.2, 0.25) is 0 Å². The van der Waals surface area contributed by atoms with Gasteiger partial charge in [-0.15, -0.1) is 0 Å². The molecule has 0 aliphatic carbocycles. The van der Waals surface area contributed by atoms with Crippen LogP contribution in [0.4, 0.5) is 4.79 Å². The highest BCUT2D eigenvalue weighted by molar-refractivity contribution is 5.74. The van der Waals surface area contributed by atoms with Crippen molar-refractivity contribution in [3.8, 4) is 5.75 Å². The molecule has 0 saturated heterocycles. The molecular formula is C12H16N2O2. The van der Waals surface area contributed by atoms with Gasteiger partial charge in [-0.1, -0.05) is 18.2 Å². The predicted molar refractivity (Wildman–Crippen MR) is 63.2 cm³/mol. The van der Waals surface area contributed by atoms with Crippen molar-refractivity contribution in [1.82, 2.24) is 10.6 Å². The minimum Gasteiger partial charge on any atom is -0.497 e. The number of allylic oxidation sites excluding steroid dienone is 1. The number of nitrogens with one attached hydrogen (secondary N) is 2. The Bertz CT molecular complexity index is 375. The van der Waals surface area contributed by atoms with Gasteiger partial charge in [0, 0.05) is 12.7 Å². The number of benzene rings is 1. The first kappa shape index (κ1) is 12.1. The Morgan fingerprint density at radius 2 is 2.31 bits per heavy atom. The van der Waals surface area contributed by atoms with Crippen molar-refractivity contribution in [3.05, 3.63) is 42.1 Å². The van der Waals surface area contributed by atoms with E-state index >= 15 is 0 Å².